The number of aryl methyl sites for hydroxylation is 1. The highest BCUT2D eigenvalue weighted by Gasteiger charge is 2.13. The number of benzene rings is 1. The lowest BCUT2D eigenvalue weighted by Gasteiger charge is -2.14. The second-order valence-electron chi connectivity index (χ2n) is 4.63. The van der Waals surface area contributed by atoms with E-state index in [-0.39, 0.29) is 11.9 Å². The van der Waals surface area contributed by atoms with Crippen LogP contribution < -0.4 is 4.74 Å². The Morgan fingerprint density at radius 3 is 2.65 bits per heavy atom. The van der Waals surface area contributed by atoms with Gasteiger partial charge in [-0.25, -0.2) is 4.39 Å². The molecule has 20 heavy (non-hydrogen) atoms. The second-order valence-corrected chi connectivity index (χ2v) is 4.63. The van der Waals surface area contributed by atoms with Crippen LogP contribution in [0.25, 0.3) is 11.0 Å². The van der Waals surface area contributed by atoms with Crippen molar-refractivity contribution in [3.05, 3.63) is 54.1 Å². The molecule has 3 aromatic rings. The maximum Gasteiger partial charge on any atom is 0.297 e. The first-order valence-electron chi connectivity index (χ1n) is 6.33. The molecule has 0 aliphatic heterocycles. The van der Waals surface area contributed by atoms with Gasteiger partial charge in [-0.1, -0.05) is 12.1 Å². The molecule has 0 radical (unpaired) electrons. The Bertz CT molecular complexity index is 736. The number of halogens is 1. The van der Waals surface area contributed by atoms with Crippen molar-refractivity contribution >= 4 is 11.0 Å². The minimum Gasteiger partial charge on any atom is -0.457 e. The molecule has 1 aromatic carbocycles. The van der Waals surface area contributed by atoms with Crippen LogP contribution in [0.1, 0.15) is 18.6 Å². The molecule has 2 aromatic heterocycles. The number of hydrogen-bond donors (Lipinski definition) is 0. The quantitative estimate of drug-likeness (QED) is 0.734. The number of fused-ring (bicyclic) bond motifs is 1. The topological polar surface area (TPSA) is 39.9 Å². The summed E-state index contributed by atoms with van der Waals surface area (Å²) in [4.78, 5) is 8.50. The predicted octanol–water partition coefficient (Wildman–Crippen LogP) is 3.25. The van der Waals surface area contributed by atoms with Gasteiger partial charge in [-0.05, 0) is 30.7 Å². The van der Waals surface area contributed by atoms with Gasteiger partial charge in [0.25, 0.3) is 6.01 Å². The van der Waals surface area contributed by atoms with E-state index in [0.29, 0.717) is 6.01 Å². The summed E-state index contributed by atoms with van der Waals surface area (Å²) < 4.78 is 20.6. The normalized spacial score (nSPS) is 12.6. The summed E-state index contributed by atoms with van der Waals surface area (Å²) in [5, 5.41) is 0. The van der Waals surface area contributed by atoms with E-state index in [0.717, 1.165) is 16.6 Å². The first-order chi connectivity index (χ1) is 9.65. The van der Waals surface area contributed by atoms with Crippen LogP contribution in [0.3, 0.4) is 0 Å². The van der Waals surface area contributed by atoms with E-state index in [1.807, 2.05) is 24.6 Å². The Kier molecular flexibility index (Phi) is 3.10. The van der Waals surface area contributed by atoms with Crippen molar-refractivity contribution in [3.63, 3.8) is 0 Å². The van der Waals surface area contributed by atoms with Crippen LogP contribution in [0.2, 0.25) is 0 Å². The van der Waals surface area contributed by atoms with Crippen molar-refractivity contribution in [1.82, 2.24) is 14.5 Å². The van der Waals surface area contributed by atoms with Crippen LogP contribution in [0.15, 0.2) is 42.7 Å². The van der Waals surface area contributed by atoms with Crippen molar-refractivity contribution < 1.29 is 9.13 Å². The highest BCUT2D eigenvalue weighted by molar-refractivity contribution is 5.75. The van der Waals surface area contributed by atoms with E-state index < -0.39 is 0 Å². The monoisotopic (exact) mass is 271 g/mol. The lowest BCUT2D eigenvalue weighted by molar-refractivity contribution is 0.202. The van der Waals surface area contributed by atoms with Gasteiger partial charge in [0, 0.05) is 13.2 Å². The third-order valence-corrected chi connectivity index (χ3v) is 3.26. The van der Waals surface area contributed by atoms with Gasteiger partial charge in [0.15, 0.2) is 0 Å². The molecule has 0 amide bonds. The molecule has 1 unspecified atom stereocenters. The Morgan fingerprint density at radius 2 is 1.95 bits per heavy atom. The van der Waals surface area contributed by atoms with Crippen molar-refractivity contribution in [1.29, 1.82) is 0 Å². The Hall–Kier alpha value is -2.43. The molecule has 0 aliphatic carbocycles. The van der Waals surface area contributed by atoms with Gasteiger partial charge in [0.1, 0.15) is 11.9 Å². The molecule has 0 N–H and O–H groups in total. The standard InChI is InChI=1S/C15H14FN3O/c1-10(11-3-5-12(16)6-4-11)20-15-18-13-7-8-17-9-14(13)19(15)2/h3-10H,1-2H3. The highest BCUT2D eigenvalue weighted by atomic mass is 19.1. The number of rotatable bonds is 3. The van der Waals surface area contributed by atoms with E-state index >= 15 is 0 Å². The maximum absolute atomic E-state index is 12.9. The van der Waals surface area contributed by atoms with Gasteiger partial charge < -0.3 is 4.74 Å². The molecule has 3 rings (SSSR count). The number of hydrogen-bond acceptors (Lipinski definition) is 3. The summed E-state index contributed by atoms with van der Waals surface area (Å²) in [5.41, 5.74) is 2.65. The zero-order chi connectivity index (χ0) is 14.1. The molecule has 0 spiro atoms. The first kappa shape index (κ1) is 12.6. The van der Waals surface area contributed by atoms with E-state index in [1.54, 1.807) is 24.5 Å². The fraction of sp³-hybridized carbons (Fsp3) is 0.200. The average Bonchev–Trinajstić information content (AvgIpc) is 2.77. The van der Waals surface area contributed by atoms with Crippen molar-refractivity contribution in [2.75, 3.05) is 0 Å². The third kappa shape index (κ3) is 2.22. The molecule has 0 aliphatic rings. The van der Waals surface area contributed by atoms with Crippen molar-refractivity contribution in [3.8, 4) is 6.01 Å². The largest absolute Gasteiger partial charge is 0.457 e. The lowest BCUT2D eigenvalue weighted by atomic mass is 10.1. The van der Waals surface area contributed by atoms with E-state index in [4.69, 9.17) is 4.74 Å². The SMILES string of the molecule is CC(Oc1nc2ccncc2n1C)c1ccc(F)cc1. The van der Waals surface area contributed by atoms with Crippen LogP contribution in [0, 0.1) is 5.82 Å². The van der Waals surface area contributed by atoms with Gasteiger partial charge in [-0.15, -0.1) is 0 Å². The highest BCUT2D eigenvalue weighted by Crippen LogP contribution is 2.24. The van der Waals surface area contributed by atoms with Gasteiger partial charge in [0.2, 0.25) is 0 Å². The zero-order valence-corrected chi connectivity index (χ0v) is 11.2. The van der Waals surface area contributed by atoms with E-state index in [1.165, 1.54) is 12.1 Å². The smallest absolute Gasteiger partial charge is 0.297 e. The second kappa shape index (κ2) is 4.92. The minimum absolute atomic E-state index is 0.209. The molecule has 2 heterocycles. The summed E-state index contributed by atoms with van der Waals surface area (Å²) in [6.45, 7) is 1.91. The summed E-state index contributed by atoms with van der Waals surface area (Å²) >= 11 is 0. The van der Waals surface area contributed by atoms with Gasteiger partial charge in [-0.3, -0.25) is 9.55 Å². The van der Waals surface area contributed by atoms with Crippen LogP contribution in [-0.2, 0) is 7.05 Å². The molecule has 4 nitrogen and oxygen atoms in total. The first-order valence-corrected chi connectivity index (χ1v) is 6.33. The number of pyridine rings is 1. The zero-order valence-electron chi connectivity index (χ0n) is 11.2. The number of nitrogens with zero attached hydrogens (tertiary/aromatic N) is 3. The Morgan fingerprint density at radius 1 is 1.20 bits per heavy atom. The fourth-order valence-electron chi connectivity index (χ4n) is 2.08. The lowest BCUT2D eigenvalue weighted by Crippen LogP contribution is -2.06. The molecular weight excluding hydrogens is 257 g/mol. The summed E-state index contributed by atoms with van der Waals surface area (Å²) in [6, 6.07) is 8.63. The van der Waals surface area contributed by atoms with Crippen LogP contribution in [-0.4, -0.2) is 14.5 Å². The molecule has 102 valence electrons. The number of aromatic nitrogens is 3. The fourth-order valence-corrected chi connectivity index (χ4v) is 2.08. The molecule has 0 saturated heterocycles. The van der Waals surface area contributed by atoms with Crippen molar-refractivity contribution in [2.24, 2.45) is 7.05 Å². The predicted molar refractivity (Wildman–Crippen MR) is 74.0 cm³/mol. The summed E-state index contributed by atoms with van der Waals surface area (Å²) in [6.07, 6.45) is 3.24. The minimum atomic E-state index is -0.255. The number of imidazole rings is 1. The maximum atomic E-state index is 12.9. The number of ether oxygens (including phenoxy) is 1. The van der Waals surface area contributed by atoms with Crippen molar-refractivity contribution in [2.45, 2.75) is 13.0 Å². The van der Waals surface area contributed by atoms with Crippen LogP contribution in [0.4, 0.5) is 4.39 Å². The Labute approximate surface area is 115 Å². The van der Waals surface area contributed by atoms with Gasteiger partial charge in [0.05, 0.1) is 17.2 Å². The molecule has 5 heteroatoms. The van der Waals surface area contributed by atoms with E-state index in [9.17, 15) is 4.39 Å². The van der Waals surface area contributed by atoms with Gasteiger partial charge in [-0.2, -0.15) is 4.98 Å². The molecule has 0 fully saturated rings. The van der Waals surface area contributed by atoms with Crippen LogP contribution >= 0.6 is 0 Å². The third-order valence-electron chi connectivity index (χ3n) is 3.26. The van der Waals surface area contributed by atoms with Crippen LogP contribution in [0.5, 0.6) is 6.01 Å². The Balaban J connectivity index is 1.89. The average molecular weight is 271 g/mol. The van der Waals surface area contributed by atoms with Gasteiger partial charge >= 0.3 is 0 Å². The molecular formula is C15H14FN3O. The summed E-state index contributed by atoms with van der Waals surface area (Å²) in [5.74, 6) is -0.255. The molecule has 0 saturated carbocycles. The van der Waals surface area contributed by atoms with E-state index in [2.05, 4.69) is 9.97 Å². The molecule has 1 atom stereocenters. The summed E-state index contributed by atoms with van der Waals surface area (Å²) in [7, 11) is 1.88. The molecule has 0 bridgehead atoms.